The number of ether oxygens (including phenoxy) is 1. The number of rotatable bonds is 25. The van der Waals surface area contributed by atoms with E-state index in [1.807, 2.05) is 0 Å². The van der Waals surface area contributed by atoms with Crippen molar-refractivity contribution < 1.29 is 9.53 Å². The van der Waals surface area contributed by atoms with E-state index >= 15 is 0 Å². The van der Waals surface area contributed by atoms with Gasteiger partial charge in [-0.15, -0.1) is 0 Å². The van der Waals surface area contributed by atoms with E-state index in [1.165, 1.54) is 128 Å². The van der Waals surface area contributed by atoms with Crippen LogP contribution in [-0.2, 0) is 9.53 Å². The molecule has 32 heavy (non-hydrogen) atoms. The van der Waals surface area contributed by atoms with Crippen LogP contribution in [0.5, 0.6) is 0 Å². The van der Waals surface area contributed by atoms with E-state index in [0.29, 0.717) is 6.42 Å². The van der Waals surface area contributed by atoms with E-state index in [4.69, 9.17) is 4.74 Å². The highest BCUT2D eigenvalue weighted by molar-refractivity contribution is 5.69. The average molecular weight is 453 g/mol. The average Bonchev–Trinajstić information content (AvgIpc) is 2.77. The van der Waals surface area contributed by atoms with Gasteiger partial charge < -0.3 is 4.74 Å². The molecule has 0 spiro atoms. The van der Waals surface area contributed by atoms with Crippen LogP contribution in [0, 0.1) is 0 Å². The van der Waals surface area contributed by atoms with E-state index in [9.17, 15) is 4.79 Å². The lowest BCUT2D eigenvalue weighted by Gasteiger charge is -2.30. The summed E-state index contributed by atoms with van der Waals surface area (Å²) >= 11 is 0. The monoisotopic (exact) mass is 452 g/mol. The largest absolute Gasteiger partial charge is 0.459 e. The molecule has 0 saturated heterocycles. The third-order valence-electron chi connectivity index (χ3n) is 6.96. The lowest BCUT2D eigenvalue weighted by atomic mass is 9.91. The second-order valence-corrected chi connectivity index (χ2v) is 10.5. The number of carbonyl (C=O) groups excluding carboxylic acids is 1. The molecule has 0 aliphatic carbocycles. The van der Waals surface area contributed by atoms with Crippen molar-refractivity contribution in [2.45, 2.75) is 187 Å². The molecule has 0 bridgehead atoms. The molecule has 0 rings (SSSR count). The number of esters is 1. The van der Waals surface area contributed by atoms with E-state index in [-0.39, 0.29) is 11.6 Å². The smallest absolute Gasteiger partial charge is 0.306 e. The van der Waals surface area contributed by atoms with E-state index in [2.05, 4.69) is 27.7 Å². The summed E-state index contributed by atoms with van der Waals surface area (Å²) in [5.74, 6) is 0.0462. The number of hydrogen-bond acceptors (Lipinski definition) is 2. The van der Waals surface area contributed by atoms with Gasteiger partial charge in [-0.2, -0.15) is 0 Å². The minimum atomic E-state index is -0.243. The molecule has 0 aromatic rings. The number of unbranched alkanes of at least 4 members (excludes halogenated alkanes) is 18. The van der Waals surface area contributed by atoms with Crippen molar-refractivity contribution in [2.24, 2.45) is 0 Å². The van der Waals surface area contributed by atoms with E-state index < -0.39 is 0 Å². The number of carbonyl (C=O) groups is 1. The van der Waals surface area contributed by atoms with Crippen LogP contribution in [0.15, 0.2) is 0 Å². The molecule has 0 aromatic carbocycles. The van der Waals surface area contributed by atoms with Gasteiger partial charge in [-0.1, -0.05) is 136 Å². The highest BCUT2D eigenvalue weighted by Crippen LogP contribution is 2.28. The maximum atomic E-state index is 12.6. The minimum Gasteiger partial charge on any atom is -0.459 e. The third kappa shape index (κ3) is 21.3. The summed E-state index contributed by atoms with van der Waals surface area (Å²) in [6.45, 7) is 8.99. The molecule has 1 atom stereocenters. The SMILES string of the molecule is CCCCCCCCCCCCCC(=O)OC(C)(CCCCCC)CCCCCCCC. The zero-order chi connectivity index (χ0) is 23.8. The fourth-order valence-corrected chi connectivity index (χ4v) is 4.69. The Hall–Kier alpha value is -0.530. The van der Waals surface area contributed by atoms with Gasteiger partial charge in [0.2, 0.25) is 0 Å². The fraction of sp³-hybridized carbons (Fsp3) is 0.967. The topological polar surface area (TPSA) is 26.3 Å². The van der Waals surface area contributed by atoms with Gasteiger partial charge in [-0.25, -0.2) is 0 Å². The Kier molecular flexibility index (Phi) is 23.2. The van der Waals surface area contributed by atoms with Gasteiger partial charge in [-0.3, -0.25) is 4.79 Å². The van der Waals surface area contributed by atoms with Crippen molar-refractivity contribution in [1.29, 1.82) is 0 Å². The van der Waals surface area contributed by atoms with Crippen molar-refractivity contribution in [1.82, 2.24) is 0 Å². The lowest BCUT2D eigenvalue weighted by Crippen LogP contribution is -2.32. The van der Waals surface area contributed by atoms with Gasteiger partial charge in [-0.05, 0) is 39.0 Å². The summed E-state index contributed by atoms with van der Waals surface area (Å²) in [6.07, 6.45) is 30.0. The summed E-state index contributed by atoms with van der Waals surface area (Å²) in [5, 5.41) is 0. The molecule has 0 saturated carbocycles. The highest BCUT2D eigenvalue weighted by Gasteiger charge is 2.27. The van der Waals surface area contributed by atoms with Gasteiger partial charge in [0, 0.05) is 6.42 Å². The molecule has 2 heteroatoms. The van der Waals surface area contributed by atoms with Crippen LogP contribution >= 0.6 is 0 Å². The Morgan fingerprint density at radius 3 is 1.22 bits per heavy atom. The Morgan fingerprint density at radius 1 is 0.500 bits per heavy atom. The first-order chi connectivity index (χ1) is 15.6. The zero-order valence-electron chi connectivity index (χ0n) is 22.8. The Balaban J connectivity index is 4.00. The molecule has 0 radical (unpaired) electrons. The van der Waals surface area contributed by atoms with Gasteiger partial charge in [0.15, 0.2) is 0 Å². The summed E-state index contributed by atoms with van der Waals surface area (Å²) in [7, 11) is 0. The Labute approximate surface area is 203 Å². The fourth-order valence-electron chi connectivity index (χ4n) is 4.69. The lowest BCUT2D eigenvalue weighted by molar-refractivity contribution is -0.160. The maximum absolute atomic E-state index is 12.6. The molecule has 0 N–H and O–H groups in total. The molecule has 192 valence electrons. The van der Waals surface area contributed by atoms with Crippen LogP contribution in [0.3, 0.4) is 0 Å². The van der Waals surface area contributed by atoms with Crippen molar-refractivity contribution in [3.8, 4) is 0 Å². The van der Waals surface area contributed by atoms with Crippen LogP contribution in [0.2, 0.25) is 0 Å². The molecule has 0 amide bonds. The van der Waals surface area contributed by atoms with Gasteiger partial charge >= 0.3 is 5.97 Å². The normalized spacial score (nSPS) is 13.2. The first-order valence-corrected chi connectivity index (χ1v) is 14.8. The quantitative estimate of drug-likeness (QED) is 0.102. The van der Waals surface area contributed by atoms with Crippen molar-refractivity contribution in [3.05, 3.63) is 0 Å². The first kappa shape index (κ1) is 31.5. The molecule has 1 unspecified atom stereocenters. The van der Waals surface area contributed by atoms with Crippen molar-refractivity contribution in [2.75, 3.05) is 0 Å². The van der Waals surface area contributed by atoms with E-state index in [0.717, 1.165) is 19.3 Å². The Morgan fingerprint density at radius 2 is 0.812 bits per heavy atom. The number of hydrogen-bond donors (Lipinski definition) is 0. The standard InChI is InChI=1S/C30H60O2/c1-5-8-11-14-16-17-18-19-20-21-23-26-29(31)32-30(4,27-24-13-10-7-3)28-25-22-15-12-9-6-2/h5-28H2,1-4H3. The van der Waals surface area contributed by atoms with Gasteiger partial charge in [0.25, 0.3) is 0 Å². The molecule has 0 fully saturated rings. The molecule has 0 aliphatic heterocycles. The summed E-state index contributed by atoms with van der Waals surface area (Å²) in [5.41, 5.74) is -0.243. The molecular weight excluding hydrogens is 392 g/mol. The van der Waals surface area contributed by atoms with Crippen molar-refractivity contribution >= 4 is 5.97 Å². The van der Waals surface area contributed by atoms with Gasteiger partial charge in [0.1, 0.15) is 5.60 Å². The maximum Gasteiger partial charge on any atom is 0.306 e. The minimum absolute atomic E-state index is 0.0462. The predicted molar refractivity (Wildman–Crippen MR) is 142 cm³/mol. The zero-order valence-corrected chi connectivity index (χ0v) is 22.8. The van der Waals surface area contributed by atoms with Crippen LogP contribution < -0.4 is 0 Å². The molecule has 0 aliphatic rings. The van der Waals surface area contributed by atoms with Crippen LogP contribution in [0.1, 0.15) is 182 Å². The Bertz CT molecular complexity index is 392. The summed E-state index contributed by atoms with van der Waals surface area (Å²) in [6, 6.07) is 0. The molecule has 2 nitrogen and oxygen atoms in total. The van der Waals surface area contributed by atoms with Crippen molar-refractivity contribution in [3.63, 3.8) is 0 Å². The second-order valence-electron chi connectivity index (χ2n) is 10.5. The van der Waals surface area contributed by atoms with E-state index in [1.54, 1.807) is 0 Å². The summed E-state index contributed by atoms with van der Waals surface area (Å²) < 4.78 is 6.10. The predicted octanol–water partition coefficient (Wildman–Crippen LogP) is 10.7. The third-order valence-corrected chi connectivity index (χ3v) is 6.96. The molecule has 0 heterocycles. The first-order valence-electron chi connectivity index (χ1n) is 14.8. The van der Waals surface area contributed by atoms with Crippen LogP contribution in [0.25, 0.3) is 0 Å². The van der Waals surface area contributed by atoms with Crippen LogP contribution in [-0.4, -0.2) is 11.6 Å². The summed E-state index contributed by atoms with van der Waals surface area (Å²) in [4.78, 5) is 12.6. The van der Waals surface area contributed by atoms with Crippen LogP contribution in [0.4, 0.5) is 0 Å². The second kappa shape index (κ2) is 23.6. The molecular formula is C30H60O2. The van der Waals surface area contributed by atoms with Gasteiger partial charge in [0.05, 0.1) is 0 Å². The molecule has 0 aromatic heterocycles. The highest BCUT2D eigenvalue weighted by atomic mass is 16.6.